The first-order valence-electron chi connectivity index (χ1n) is 11.3. The van der Waals surface area contributed by atoms with Crippen molar-refractivity contribution in [3.05, 3.63) is 64.7 Å². The molecular weight excluding hydrogens is 434 g/mol. The summed E-state index contributed by atoms with van der Waals surface area (Å²) in [5.41, 5.74) is 1.26. The fourth-order valence-corrected chi connectivity index (χ4v) is 6.20. The lowest BCUT2D eigenvalue weighted by Crippen LogP contribution is -2.58. The third kappa shape index (κ3) is 3.29. The molecule has 0 saturated carbocycles. The zero-order chi connectivity index (χ0) is 23.4. The molecule has 0 bridgehead atoms. The molecule has 2 aromatic carbocycles. The Kier molecular flexibility index (Phi) is 5.12. The average molecular weight is 464 g/mol. The van der Waals surface area contributed by atoms with Crippen LogP contribution in [0.5, 0.6) is 11.5 Å². The lowest BCUT2D eigenvalue weighted by atomic mass is 9.58. The van der Waals surface area contributed by atoms with Crippen molar-refractivity contribution in [2.45, 2.75) is 38.2 Å². The Labute approximate surface area is 198 Å². The summed E-state index contributed by atoms with van der Waals surface area (Å²) in [7, 11) is 3.98. The number of carbonyl (C=O) groups excluding carboxylic acids is 1. The summed E-state index contributed by atoms with van der Waals surface area (Å²) < 4.78 is 12.4. The van der Waals surface area contributed by atoms with Gasteiger partial charge in [-0.1, -0.05) is 24.3 Å². The van der Waals surface area contributed by atoms with Crippen LogP contribution >= 0.6 is 11.3 Å². The molecule has 2 atom stereocenters. The Balaban J connectivity index is 1.73. The zero-order valence-electron chi connectivity index (χ0n) is 19.6. The van der Waals surface area contributed by atoms with E-state index >= 15 is 0 Å². The molecule has 1 unspecified atom stereocenters. The number of carbonyl (C=O) groups is 1. The molecule has 3 aromatic rings. The van der Waals surface area contributed by atoms with Crippen molar-refractivity contribution in [2.75, 3.05) is 30.9 Å². The minimum absolute atomic E-state index is 0.00664. The van der Waals surface area contributed by atoms with Crippen LogP contribution in [0.4, 0.5) is 10.8 Å². The van der Waals surface area contributed by atoms with Crippen LogP contribution in [0.2, 0.25) is 0 Å². The number of thiazole rings is 1. The molecule has 5 rings (SSSR count). The lowest BCUT2D eigenvalue weighted by molar-refractivity contribution is -0.126. The highest BCUT2D eigenvalue weighted by atomic mass is 32.1. The van der Waals surface area contributed by atoms with Crippen molar-refractivity contribution in [1.82, 2.24) is 4.98 Å². The van der Waals surface area contributed by atoms with Gasteiger partial charge in [0.15, 0.2) is 5.13 Å². The van der Waals surface area contributed by atoms with Crippen LogP contribution < -0.4 is 19.7 Å². The molecular formula is C26H29N3O3S. The normalized spacial score (nSPS) is 22.3. The van der Waals surface area contributed by atoms with Gasteiger partial charge in [-0.05, 0) is 44.9 Å². The quantitative estimate of drug-likeness (QED) is 0.585. The number of anilines is 2. The van der Waals surface area contributed by atoms with E-state index in [4.69, 9.17) is 9.47 Å². The Morgan fingerprint density at radius 1 is 1.18 bits per heavy atom. The van der Waals surface area contributed by atoms with Crippen molar-refractivity contribution in [3.8, 4) is 11.5 Å². The van der Waals surface area contributed by atoms with Crippen molar-refractivity contribution in [3.63, 3.8) is 0 Å². The maximum Gasteiger partial charge on any atom is 0.240 e. The number of nitrogens with zero attached hydrogens (tertiary/aromatic N) is 2. The van der Waals surface area contributed by atoms with E-state index in [1.807, 2.05) is 68.5 Å². The lowest BCUT2D eigenvalue weighted by Gasteiger charge is -2.50. The van der Waals surface area contributed by atoms with Crippen LogP contribution in [0.15, 0.2) is 48.7 Å². The minimum Gasteiger partial charge on any atom is -0.494 e. The molecule has 3 heterocycles. The van der Waals surface area contributed by atoms with Gasteiger partial charge in [0.2, 0.25) is 5.91 Å². The van der Waals surface area contributed by atoms with E-state index < -0.39 is 11.0 Å². The molecule has 0 saturated heterocycles. The maximum atomic E-state index is 14.0. The summed E-state index contributed by atoms with van der Waals surface area (Å²) in [5, 5.41) is 4.12. The predicted molar refractivity (Wildman–Crippen MR) is 132 cm³/mol. The average Bonchev–Trinajstić information content (AvgIpc) is 3.34. The van der Waals surface area contributed by atoms with Crippen molar-refractivity contribution in [1.29, 1.82) is 0 Å². The van der Waals surface area contributed by atoms with E-state index in [9.17, 15) is 4.79 Å². The second-order valence-electron chi connectivity index (χ2n) is 9.36. The summed E-state index contributed by atoms with van der Waals surface area (Å²) in [4.78, 5) is 21.7. The van der Waals surface area contributed by atoms with Gasteiger partial charge >= 0.3 is 0 Å². The number of aromatic nitrogens is 1. The zero-order valence-corrected chi connectivity index (χ0v) is 20.5. The topological polar surface area (TPSA) is 63.7 Å². The number of hydrogen-bond acceptors (Lipinski definition) is 6. The van der Waals surface area contributed by atoms with E-state index in [-0.39, 0.29) is 11.8 Å². The summed E-state index contributed by atoms with van der Waals surface area (Å²) in [6.45, 7) is 6.69. The highest BCUT2D eigenvalue weighted by molar-refractivity contribution is 7.15. The summed E-state index contributed by atoms with van der Waals surface area (Å²) in [6, 6.07) is 13.9. The van der Waals surface area contributed by atoms with Crippen molar-refractivity contribution >= 4 is 28.1 Å². The Bertz CT molecular complexity index is 1220. The van der Waals surface area contributed by atoms with Gasteiger partial charge < -0.3 is 19.7 Å². The van der Waals surface area contributed by atoms with Crippen molar-refractivity contribution in [2.24, 2.45) is 5.92 Å². The molecule has 0 aliphatic carbocycles. The van der Waals surface area contributed by atoms with Gasteiger partial charge in [0.05, 0.1) is 6.61 Å². The van der Waals surface area contributed by atoms with E-state index in [2.05, 4.69) is 30.2 Å². The molecule has 7 heteroatoms. The molecule has 6 nitrogen and oxygen atoms in total. The molecule has 172 valence electrons. The third-order valence-electron chi connectivity index (χ3n) is 6.71. The molecule has 1 aromatic heterocycles. The summed E-state index contributed by atoms with van der Waals surface area (Å²) in [5.74, 6) is 1.29. The fraction of sp³-hybridized carbons (Fsp3) is 0.385. The predicted octanol–water partition coefficient (Wildman–Crippen LogP) is 4.88. The van der Waals surface area contributed by atoms with Crippen LogP contribution in [0.3, 0.4) is 0 Å². The van der Waals surface area contributed by atoms with Gasteiger partial charge in [-0.3, -0.25) is 4.79 Å². The number of ether oxygens (including phenoxy) is 2. The molecule has 0 radical (unpaired) electrons. The van der Waals surface area contributed by atoms with Crippen LogP contribution in [0, 0.1) is 5.92 Å². The maximum absolute atomic E-state index is 14.0. The number of para-hydroxylation sites is 1. The molecule has 1 N–H and O–H groups in total. The second-order valence-corrected chi connectivity index (χ2v) is 10.5. The number of hydrogen-bond donors (Lipinski definition) is 1. The Morgan fingerprint density at radius 2 is 1.97 bits per heavy atom. The smallest absolute Gasteiger partial charge is 0.240 e. The Morgan fingerprint density at radius 3 is 2.70 bits per heavy atom. The minimum atomic E-state index is -0.874. The van der Waals surface area contributed by atoms with Gasteiger partial charge in [-0.25, -0.2) is 4.98 Å². The standard InChI is InChI=1S/C26H29N3O3S/c1-6-31-16-11-12-19-21(13-16)32-25(2,3)22(14-17-15-27-24(33-17)29(4)5)26(19)18-9-7-8-10-20(18)28-23(26)30/h7-13,15,22H,6,14H2,1-5H3,(H,28,30)/t22?,26-/m1/s1. The Hall–Kier alpha value is -3.06. The number of nitrogens with one attached hydrogen (secondary N) is 1. The highest BCUT2D eigenvalue weighted by Crippen LogP contribution is 2.58. The monoisotopic (exact) mass is 463 g/mol. The number of rotatable bonds is 5. The summed E-state index contributed by atoms with van der Waals surface area (Å²) in [6.07, 6.45) is 2.60. The van der Waals surface area contributed by atoms with Crippen LogP contribution in [-0.2, 0) is 16.6 Å². The van der Waals surface area contributed by atoms with Crippen LogP contribution in [-0.4, -0.2) is 37.2 Å². The van der Waals surface area contributed by atoms with Crippen molar-refractivity contribution < 1.29 is 14.3 Å². The van der Waals surface area contributed by atoms with Crippen LogP contribution in [0.1, 0.15) is 36.8 Å². The number of benzene rings is 2. The van der Waals surface area contributed by atoms with Gasteiger partial charge in [-0.15, -0.1) is 11.3 Å². The SMILES string of the molecule is CCOc1ccc2c(c1)OC(C)(C)C(Cc1cnc(N(C)C)s1)[C@]21C(=O)Nc2ccccc21. The third-order valence-corrected chi connectivity index (χ3v) is 7.90. The molecule has 0 fully saturated rings. The van der Waals surface area contributed by atoms with Crippen LogP contribution in [0.25, 0.3) is 0 Å². The fourth-order valence-electron chi connectivity index (χ4n) is 5.32. The first-order chi connectivity index (χ1) is 15.8. The first kappa shape index (κ1) is 21.8. The highest BCUT2D eigenvalue weighted by Gasteiger charge is 2.62. The molecule has 1 spiro atoms. The molecule has 1 amide bonds. The molecule has 2 aliphatic heterocycles. The number of fused-ring (bicyclic) bond motifs is 4. The largest absolute Gasteiger partial charge is 0.494 e. The van der Waals surface area contributed by atoms with E-state index in [0.717, 1.165) is 32.6 Å². The van der Waals surface area contributed by atoms with Gasteiger partial charge in [0, 0.05) is 48.4 Å². The van der Waals surface area contributed by atoms with Gasteiger partial charge in [0.1, 0.15) is 22.5 Å². The van der Waals surface area contributed by atoms with E-state index in [1.165, 1.54) is 0 Å². The van der Waals surface area contributed by atoms with Gasteiger partial charge in [-0.2, -0.15) is 0 Å². The van der Waals surface area contributed by atoms with E-state index in [1.54, 1.807) is 11.3 Å². The van der Waals surface area contributed by atoms with Gasteiger partial charge in [0.25, 0.3) is 0 Å². The summed E-state index contributed by atoms with van der Waals surface area (Å²) >= 11 is 1.66. The first-order valence-corrected chi connectivity index (χ1v) is 12.1. The second kappa shape index (κ2) is 7.76. The van der Waals surface area contributed by atoms with E-state index in [0.29, 0.717) is 18.8 Å². The number of amides is 1. The molecule has 33 heavy (non-hydrogen) atoms. The molecule has 2 aliphatic rings.